The molecule has 0 unspecified atom stereocenters. The molecule has 9 heteroatoms. The van der Waals surface area contributed by atoms with Gasteiger partial charge in [-0.25, -0.2) is 9.07 Å². The molecule has 0 bridgehead atoms. The highest BCUT2D eigenvalue weighted by Crippen LogP contribution is 2.21. The molecular weight excluding hydrogens is 327 g/mol. The van der Waals surface area contributed by atoms with Crippen molar-refractivity contribution in [3.63, 3.8) is 0 Å². The molecule has 1 heterocycles. The Bertz CT molecular complexity index is 649. The summed E-state index contributed by atoms with van der Waals surface area (Å²) in [7, 11) is -2.37. The topological polar surface area (TPSA) is 76.9 Å². The molecule has 0 fully saturated rings. The molecule has 0 spiro atoms. The molecule has 96 valence electrons. The van der Waals surface area contributed by atoms with Gasteiger partial charge in [0, 0.05) is 12.7 Å². The zero-order valence-corrected chi connectivity index (χ0v) is 11.5. The van der Waals surface area contributed by atoms with E-state index in [1.807, 2.05) is 0 Å². The van der Waals surface area contributed by atoms with Crippen LogP contribution in [0.1, 0.15) is 0 Å². The maximum absolute atomic E-state index is 12.7. The van der Waals surface area contributed by atoms with Gasteiger partial charge >= 0.3 is 0 Å². The van der Waals surface area contributed by atoms with Crippen molar-refractivity contribution in [1.82, 2.24) is 15.0 Å². The van der Waals surface area contributed by atoms with Gasteiger partial charge in [0.05, 0.1) is 0 Å². The van der Waals surface area contributed by atoms with E-state index in [-0.39, 0.29) is 15.3 Å². The fourth-order valence-corrected chi connectivity index (χ4v) is 3.49. The third-order valence-electron chi connectivity index (χ3n) is 2.09. The molecule has 0 aliphatic carbocycles. The number of aromatic nitrogens is 3. The maximum Gasteiger partial charge on any atom is 0.281 e. The smallest absolute Gasteiger partial charge is 0.278 e. The summed E-state index contributed by atoms with van der Waals surface area (Å²) in [5, 5.41) is 7.06. The lowest BCUT2D eigenvalue weighted by Gasteiger charge is -2.07. The molecule has 0 atom stereocenters. The second kappa shape index (κ2) is 4.65. The number of sulfonamides is 1. The number of rotatable bonds is 3. The largest absolute Gasteiger partial charge is 0.281 e. The van der Waals surface area contributed by atoms with E-state index >= 15 is 0 Å². The first-order chi connectivity index (χ1) is 8.40. The van der Waals surface area contributed by atoms with Crippen LogP contribution >= 0.6 is 15.9 Å². The van der Waals surface area contributed by atoms with Crippen molar-refractivity contribution >= 4 is 31.6 Å². The molecule has 2 aromatic rings. The third-order valence-corrected chi connectivity index (χ3v) is 4.36. The lowest BCUT2D eigenvalue weighted by atomic mass is 10.3. The number of halogens is 2. The first-order valence-electron chi connectivity index (χ1n) is 4.74. The molecule has 2 rings (SSSR count). The fourth-order valence-electron chi connectivity index (χ4n) is 1.33. The molecule has 18 heavy (non-hydrogen) atoms. The SMILES string of the molecule is Cn1nnc(Br)c1S(=O)(=O)Nc1ccc(F)cc1. The van der Waals surface area contributed by atoms with Gasteiger partial charge in [-0.1, -0.05) is 5.21 Å². The second-order valence-corrected chi connectivity index (χ2v) is 5.77. The standard InChI is InChI=1S/C9H8BrFN4O2S/c1-15-9(8(10)12-14-15)18(16,17)13-7-4-2-6(11)3-5-7/h2-5,13H,1H3. The van der Waals surface area contributed by atoms with E-state index in [0.717, 1.165) is 16.8 Å². The molecule has 0 radical (unpaired) electrons. The van der Waals surface area contributed by atoms with Gasteiger partial charge in [0.2, 0.25) is 5.03 Å². The predicted molar refractivity (Wildman–Crippen MR) is 65.9 cm³/mol. The number of nitrogens with zero attached hydrogens (tertiary/aromatic N) is 3. The summed E-state index contributed by atoms with van der Waals surface area (Å²) in [6.07, 6.45) is 0. The van der Waals surface area contributed by atoms with Gasteiger partial charge in [0.25, 0.3) is 10.0 Å². The fraction of sp³-hybridized carbons (Fsp3) is 0.111. The van der Waals surface area contributed by atoms with Gasteiger partial charge < -0.3 is 0 Å². The van der Waals surface area contributed by atoms with Gasteiger partial charge in [-0.3, -0.25) is 4.72 Å². The molecule has 0 saturated carbocycles. The Labute approximate surface area is 111 Å². The summed E-state index contributed by atoms with van der Waals surface area (Å²) < 4.78 is 40.4. The summed E-state index contributed by atoms with van der Waals surface area (Å²) >= 11 is 3.00. The Kier molecular flexibility index (Phi) is 3.35. The number of anilines is 1. The van der Waals surface area contributed by atoms with Crippen molar-refractivity contribution in [2.24, 2.45) is 7.05 Å². The first-order valence-corrected chi connectivity index (χ1v) is 7.01. The van der Waals surface area contributed by atoms with E-state index in [0.29, 0.717) is 0 Å². The summed E-state index contributed by atoms with van der Waals surface area (Å²) in [5.74, 6) is -0.443. The van der Waals surface area contributed by atoms with E-state index in [4.69, 9.17) is 0 Å². The molecule has 6 nitrogen and oxygen atoms in total. The highest BCUT2D eigenvalue weighted by Gasteiger charge is 2.23. The zero-order valence-electron chi connectivity index (χ0n) is 9.13. The highest BCUT2D eigenvalue weighted by atomic mass is 79.9. The van der Waals surface area contributed by atoms with E-state index < -0.39 is 15.8 Å². The molecule has 0 amide bonds. The van der Waals surface area contributed by atoms with E-state index in [2.05, 4.69) is 31.0 Å². The second-order valence-electron chi connectivity index (χ2n) is 3.42. The van der Waals surface area contributed by atoms with Crippen LogP contribution in [-0.2, 0) is 17.1 Å². The van der Waals surface area contributed by atoms with E-state index in [1.54, 1.807) is 0 Å². The Hall–Kier alpha value is -1.48. The van der Waals surface area contributed by atoms with Crippen LogP contribution in [0.25, 0.3) is 0 Å². The Morgan fingerprint density at radius 2 is 1.94 bits per heavy atom. The maximum atomic E-state index is 12.7. The van der Waals surface area contributed by atoms with E-state index in [1.165, 1.54) is 19.2 Å². The average Bonchev–Trinajstić information content (AvgIpc) is 2.62. The van der Waals surface area contributed by atoms with Crippen LogP contribution in [0.15, 0.2) is 33.9 Å². The predicted octanol–water partition coefficient (Wildman–Crippen LogP) is 1.52. The molecule has 1 aromatic heterocycles. The van der Waals surface area contributed by atoms with Crippen LogP contribution in [-0.4, -0.2) is 23.4 Å². The van der Waals surface area contributed by atoms with Crippen LogP contribution < -0.4 is 4.72 Å². The minimum atomic E-state index is -3.83. The minimum Gasteiger partial charge on any atom is -0.278 e. The summed E-state index contributed by atoms with van der Waals surface area (Å²) in [6, 6.07) is 4.97. The van der Waals surface area contributed by atoms with Crippen molar-refractivity contribution in [1.29, 1.82) is 0 Å². The van der Waals surface area contributed by atoms with Crippen molar-refractivity contribution in [2.75, 3.05) is 4.72 Å². The third kappa shape index (κ3) is 2.51. The van der Waals surface area contributed by atoms with E-state index in [9.17, 15) is 12.8 Å². The van der Waals surface area contributed by atoms with Crippen molar-refractivity contribution in [3.05, 3.63) is 34.7 Å². The van der Waals surface area contributed by atoms with Crippen LogP contribution in [0.4, 0.5) is 10.1 Å². The lowest BCUT2D eigenvalue weighted by Crippen LogP contribution is -2.17. The van der Waals surface area contributed by atoms with Gasteiger partial charge in [-0.15, -0.1) is 5.10 Å². The van der Waals surface area contributed by atoms with Gasteiger partial charge in [0.15, 0.2) is 4.60 Å². The van der Waals surface area contributed by atoms with Crippen molar-refractivity contribution < 1.29 is 12.8 Å². The Morgan fingerprint density at radius 1 is 1.33 bits per heavy atom. The number of benzene rings is 1. The Balaban J connectivity index is 2.36. The quantitative estimate of drug-likeness (QED) is 0.923. The molecule has 1 N–H and O–H groups in total. The highest BCUT2D eigenvalue weighted by molar-refractivity contribution is 9.10. The number of nitrogens with one attached hydrogen (secondary N) is 1. The summed E-state index contributed by atoms with van der Waals surface area (Å²) in [5.41, 5.74) is 0.254. The molecular formula is C9H8BrFN4O2S. The molecule has 0 saturated heterocycles. The number of aryl methyl sites for hydroxylation is 1. The monoisotopic (exact) mass is 334 g/mol. The Morgan fingerprint density at radius 3 is 2.44 bits per heavy atom. The van der Waals surface area contributed by atoms with Gasteiger partial charge in [-0.05, 0) is 40.2 Å². The zero-order chi connectivity index (χ0) is 13.3. The molecule has 0 aliphatic heterocycles. The van der Waals surface area contributed by atoms with Crippen LogP contribution in [0.2, 0.25) is 0 Å². The minimum absolute atomic E-state index is 0.105. The molecule has 0 aliphatic rings. The van der Waals surface area contributed by atoms with Crippen LogP contribution in [0.3, 0.4) is 0 Å². The van der Waals surface area contributed by atoms with Crippen LogP contribution in [0, 0.1) is 5.82 Å². The normalized spacial score (nSPS) is 11.5. The molecule has 1 aromatic carbocycles. The summed E-state index contributed by atoms with van der Waals surface area (Å²) in [6.45, 7) is 0. The van der Waals surface area contributed by atoms with Gasteiger partial charge in [0.1, 0.15) is 5.82 Å². The number of hydrogen-bond acceptors (Lipinski definition) is 4. The van der Waals surface area contributed by atoms with Crippen molar-refractivity contribution in [3.8, 4) is 0 Å². The van der Waals surface area contributed by atoms with Crippen LogP contribution in [0.5, 0.6) is 0 Å². The number of hydrogen-bond donors (Lipinski definition) is 1. The first kappa shape index (κ1) is 13.0. The lowest BCUT2D eigenvalue weighted by molar-refractivity contribution is 0.578. The van der Waals surface area contributed by atoms with Gasteiger partial charge in [-0.2, -0.15) is 8.42 Å². The summed E-state index contributed by atoms with van der Waals surface area (Å²) in [4.78, 5) is 0. The average molecular weight is 335 g/mol. The van der Waals surface area contributed by atoms with Crippen molar-refractivity contribution in [2.45, 2.75) is 5.03 Å².